The van der Waals surface area contributed by atoms with Crippen LogP contribution in [-0.2, 0) is 4.79 Å². The van der Waals surface area contributed by atoms with Crippen molar-refractivity contribution in [2.75, 3.05) is 6.54 Å². The van der Waals surface area contributed by atoms with Crippen LogP contribution in [0.3, 0.4) is 0 Å². The van der Waals surface area contributed by atoms with Gasteiger partial charge in [-0.25, -0.2) is 4.39 Å². The standard InChI is InChI=1S/C6H8FNO/c1-3-4-8-6(9)5(2)7/h3H,1-2,4H2,(H,8,9). The lowest BCUT2D eigenvalue weighted by Crippen LogP contribution is -2.22. The summed E-state index contributed by atoms with van der Waals surface area (Å²) in [6.07, 6.45) is 1.46. The minimum Gasteiger partial charge on any atom is -0.347 e. The Morgan fingerprint density at radius 3 is 2.67 bits per heavy atom. The lowest BCUT2D eigenvalue weighted by atomic mass is 10.5. The molecule has 0 saturated heterocycles. The van der Waals surface area contributed by atoms with Gasteiger partial charge in [-0.15, -0.1) is 6.58 Å². The lowest BCUT2D eigenvalue weighted by molar-refractivity contribution is -0.118. The smallest absolute Gasteiger partial charge is 0.279 e. The van der Waals surface area contributed by atoms with Crippen LogP contribution < -0.4 is 5.32 Å². The largest absolute Gasteiger partial charge is 0.347 e. The van der Waals surface area contributed by atoms with Crippen LogP contribution in [0.4, 0.5) is 4.39 Å². The highest BCUT2D eigenvalue weighted by atomic mass is 19.1. The number of rotatable bonds is 3. The van der Waals surface area contributed by atoms with Gasteiger partial charge in [0.25, 0.3) is 5.91 Å². The van der Waals surface area contributed by atoms with Gasteiger partial charge in [-0.05, 0) is 0 Å². The molecule has 0 radical (unpaired) electrons. The monoisotopic (exact) mass is 129 g/mol. The number of nitrogens with one attached hydrogen (secondary N) is 1. The number of amides is 1. The number of hydrogen-bond donors (Lipinski definition) is 1. The molecule has 0 aliphatic heterocycles. The van der Waals surface area contributed by atoms with E-state index in [-0.39, 0.29) is 6.54 Å². The van der Waals surface area contributed by atoms with Gasteiger partial charge in [-0.1, -0.05) is 12.7 Å². The van der Waals surface area contributed by atoms with Gasteiger partial charge in [0.15, 0.2) is 5.83 Å². The molecule has 1 amide bonds. The fourth-order valence-corrected chi connectivity index (χ4v) is 0.261. The zero-order valence-corrected chi connectivity index (χ0v) is 4.98. The molecule has 9 heavy (non-hydrogen) atoms. The van der Waals surface area contributed by atoms with Gasteiger partial charge in [0.05, 0.1) is 0 Å². The highest BCUT2D eigenvalue weighted by molar-refractivity contribution is 5.90. The Kier molecular flexibility index (Phi) is 3.35. The first-order valence-electron chi connectivity index (χ1n) is 2.42. The Hall–Kier alpha value is -1.12. The van der Waals surface area contributed by atoms with Crippen molar-refractivity contribution in [3.05, 3.63) is 25.1 Å². The average molecular weight is 129 g/mol. The molecular formula is C6H8FNO. The molecule has 1 N–H and O–H groups in total. The Labute approximate surface area is 53.1 Å². The number of carbonyl (C=O) groups is 1. The summed E-state index contributed by atoms with van der Waals surface area (Å²) in [5.74, 6) is -1.76. The lowest BCUT2D eigenvalue weighted by Gasteiger charge is -1.95. The zero-order chi connectivity index (χ0) is 7.28. The highest BCUT2D eigenvalue weighted by Crippen LogP contribution is 1.87. The molecule has 2 nitrogen and oxygen atoms in total. The maximum absolute atomic E-state index is 11.8. The van der Waals surface area contributed by atoms with Crippen LogP contribution in [-0.4, -0.2) is 12.5 Å². The van der Waals surface area contributed by atoms with Crippen LogP contribution in [0.1, 0.15) is 0 Å². The van der Waals surface area contributed by atoms with Crippen LogP contribution in [0.2, 0.25) is 0 Å². The van der Waals surface area contributed by atoms with Gasteiger partial charge in [-0.3, -0.25) is 4.79 Å². The molecule has 0 saturated carbocycles. The summed E-state index contributed by atoms with van der Waals surface area (Å²) < 4.78 is 11.8. The fourth-order valence-electron chi connectivity index (χ4n) is 0.261. The second-order valence-electron chi connectivity index (χ2n) is 1.40. The van der Waals surface area contributed by atoms with E-state index < -0.39 is 11.7 Å². The van der Waals surface area contributed by atoms with E-state index in [0.717, 1.165) is 0 Å². The van der Waals surface area contributed by atoms with E-state index >= 15 is 0 Å². The minimum atomic E-state index is -0.975. The molecule has 0 spiro atoms. The molecule has 50 valence electrons. The summed E-state index contributed by atoms with van der Waals surface area (Å²) in [6, 6.07) is 0. The maximum Gasteiger partial charge on any atom is 0.279 e. The van der Waals surface area contributed by atoms with E-state index in [1.54, 1.807) is 0 Å². The van der Waals surface area contributed by atoms with E-state index in [4.69, 9.17) is 0 Å². The molecule has 3 heteroatoms. The van der Waals surface area contributed by atoms with Crippen LogP contribution in [0.5, 0.6) is 0 Å². The Balaban J connectivity index is 3.51. The molecule has 0 aliphatic carbocycles. The third kappa shape index (κ3) is 3.46. The maximum atomic E-state index is 11.8. The quantitative estimate of drug-likeness (QED) is 0.442. The summed E-state index contributed by atoms with van der Waals surface area (Å²) in [7, 11) is 0. The molecule has 0 unspecified atom stereocenters. The number of halogens is 1. The predicted molar refractivity (Wildman–Crippen MR) is 33.5 cm³/mol. The summed E-state index contributed by atoms with van der Waals surface area (Å²) >= 11 is 0. The number of carbonyl (C=O) groups excluding carboxylic acids is 1. The van der Waals surface area contributed by atoms with Gasteiger partial charge in [0.1, 0.15) is 0 Å². The summed E-state index contributed by atoms with van der Waals surface area (Å²) in [5, 5.41) is 2.20. The molecule has 0 aromatic carbocycles. The van der Waals surface area contributed by atoms with Crippen molar-refractivity contribution in [3.63, 3.8) is 0 Å². The van der Waals surface area contributed by atoms with E-state index in [1.165, 1.54) is 6.08 Å². The molecule has 0 rings (SSSR count). The molecule has 0 heterocycles. The Morgan fingerprint density at radius 1 is 1.78 bits per heavy atom. The van der Waals surface area contributed by atoms with Gasteiger partial charge < -0.3 is 5.32 Å². The predicted octanol–water partition coefficient (Wildman–Crippen LogP) is 0.772. The van der Waals surface area contributed by atoms with Crippen molar-refractivity contribution in [1.82, 2.24) is 5.32 Å². The van der Waals surface area contributed by atoms with Crippen LogP contribution >= 0.6 is 0 Å². The minimum absolute atomic E-state index is 0.266. The van der Waals surface area contributed by atoms with Crippen molar-refractivity contribution in [2.45, 2.75) is 0 Å². The first kappa shape index (κ1) is 7.88. The highest BCUT2D eigenvalue weighted by Gasteiger charge is 2.00. The van der Waals surface area contributed by atoms with E-state index in [0.29, 0.717) is 0 Å². The van der Waals surface area contributed by atoms with Crippen LogP contribution in [0.15, 0.2) is 25.1 Å². The van der Waals surface area contributed by atoms with Crippen molar-refractivity contribution < 1.29 is 9.18 Å². The third-order valence-corrected chi connectivity index (χ3v) is 0.653. The van der Waals surface area contributed by atoms with Gasteiger partial charge >= 0.3 is 0 Å². The van der Waals surface area contributed by atoms with Crippen molar-refractivity contribution in [1.29, 1.82) is 0 Å². The molecule has 0 aromatic heterocycles. The van der Waals surface area contributed by atoms with Crippen LogP contribution in [0, 0.1) is 0 Å². The van der Waals surface area contributed by atoms with Crippen molar-refractivity contribution >= 4 is 5.91 Å². The molecule has 0 bridgehead atoms. The fraction of sp³-hybridized carbons (Fsp3) is 0.167. The number of hydrogen-bond acceptors (Lipinski definition) is 1. The van der Waals surface area contributed by atoms with E-state index in [9.17, 15) is 9.18 Å². The molecule has 0 aliphatic rings. The van der Waals surface area contributed by atoms with Crippen LogP contribution in [0.25, 0.3) is 0 Å². The molecular weight excluding hydrogens is 121 g/mol. The topological polar surface area (TPSA) is 29.1 Å². The third-order valence-electron chi connectivity index (χ3n) is 0.653. The van der Waals surface area contributed by atoms with Crippen molar-refractivity contribution in [2.24, 2.45) is 0 Å². The second kappa shape index (κ2) is 3.83. The van der Waals surface area contributed by atoms with Gasteiger partial charge in [0.2, 0.25) is 0 Å². The second-order valence-corrected chi connectivity index (χ2v) is 1.40. The summed E-state index contributed by atoms with van der Waals surface area (Å²) in [4.78, 5) is 10.3. The first-order valence-corrected chi connectivity index (χ1v) is 2.42. The molecule has 0 atom stereocenters. The summed E-state index contributed by atoms with van der Waals surface area (Å²) in [6.45, 7) is 6.39. The molecule has 0 aromatic rings. The molecule has 0 fully saturated rings. The SMILES string of the molecule is C=CCNC(=O)C(=C)F. The van der Waals surface area contributed by atoms with Gasteiger partial charge in [0, 0.05) is 6.54 Å². The Bertz CT molecular complexity index is 142. The zero-order valence-electron chi connectivity index (χ0n) is 4.98. The van der Waals surface area contributed by atoms with Crippen molar-refractivity contribution in [3.8, 4) is 0 Å². The Morgan fingerprint density at radius 2 is 2.33 bits per heavy atom. The van der Waals surface area contributed by atoms with Gasteiger partial charge in [-0.2, -0.15) is 0 Å². The normalized spacial score (nSPS) is 8.11. The van der Waals surface area contributed by atoms with E-state index in [1.807, 2.05) is 0 Å². The summed E-state index contributed by atoms with van der Waals surface area (Å²) in [5.41, 5.74) is 0. The van der Waals surface area contributed by atoms with E-state index in [2.05, 4.69) is 18.5 Å². The first-order chi connectivity index (χ1) is 4.18. The average Bonchev–Trinajstić information content (AvgIpc) is 1.82.